The number of aromatic nitrogens is 4. The van der Waals surface area contributed by atoms with Crippen LogP contribution in [0.25, 0.3) is 137 Å². The van der Waals surface area contributed by atoms with Crippen molar-refractivity contribution in [3.8, 4) is 39.9 Å². The van der Waals surface area contributed by atoms with Crippen molar-refractivity contribution in [1.82, 2.24) is 19.5 Å². The highest BCUT2D eigenvalue weighted by Crippen LogP contribution is 2.50. The van der Waals surface area contributed by atoms with Crippen LogP contribution in [-0.2, 0) is 0 Å². The summed E-state index contributed by atoms with van der Waals surface area (Å²) >= 11 is 0. The van der Waals surface area contributed by atoms with Crippen molar-refractivity contribution >= 4 is 97.6 Å². The summed E-state index contributed by atoms with van der Waals surface area (Å²) in [6.45, 7) is 0. The molecule has 0 aliphatic heterocycles. The number of benzene rings is 9. The lowest BCUT2D eigenvalue weighted by Crippen LogP contribution is -2.00. The Labute approximate surface area is 342 Å². The number of rotatable bonds is 4. The van der Waals surface area contributed by atoms with Gasteiger partial charge >= 0.3 is 0 Å². The average molecular weight is 763 g/mol. The standard InChI is InChI=1S/C55H30N4O/c1-2-11-31(12-3-1)53-56-54(58-55(57-53)33-23-26-40-39-17-8-9-20-47(39)60-48(40)29-33)32-21-24-34(25-22-32)59-45-19-10-18-41-35-13-4-5-14-36(35)43-28-27-42-37-15-6-7-16-38(37)44-30-46(59)52(50(41)45)51(43)49(42)44/h1-30H. The minimum Gasteiger partial charge on any atom is -0.456 e. The van der Waals surface area contributed by atoms with Gasteiger partial charge in [0.25, 0.3) is 0 Å². The van der Waals surface area contributed by atoms with Gasteiger partial charge in [-0.05, 0) is 103 Å². The maximum absolute atomic E-state index is 6.27. The Bertz CT molecular complexity index is 4050. The summed E-state index contributed by atoms with van der Waals surface area (Å²) in [6.07, 6.45) is 0. The SMILES string of the molecule is c1ccc(-c2nc(-c3ccc(-n4c5cccc6c7ccccc7c7ccc8c9ccccc9c9cc4c(c7c89)c65)cc3)nc(-c3ccc4c(c3)oc3ccccc34)n2)cc1. The van der Waals surface area contributed by atoms with Crippen molar-refractivity contribution in [3.05, 3.63) is 182 Å². The third-order valence-electron chi connectivity index (χ3n) is 12.7. The highest BCUT2D eigenvalue weighted by atomic mass is 16.3. The van der Waals surface area contributed by atoms with Crippen LogP contribution in [0.15, 0.2) is 186 Å². The Morgan fingerprint density at radius 3 is 1.53 bits per heavy atom. The Kier molecular flexibility index (Phi) is 6.23. The number of nitrogens with zero attached hydrogens (tertiary/aromatic N) is 4. The molecule has 0 unspecified atom stereocenters. The minimum atomic E-state index is 0.593. The summed E-state index contributed by atoms with van der Waals surface area (Å²) < 4.78 is 8.73. The van der Waals surface area contributed by atoms with E-state index >= 15 is 0 Å². The van der Waals surface area contributed by atoms with Crippen LogP contribution in [-0.4, -0.2) is 19.5 Å². The summed E-state index contributed by atoms with van der Waals surface area (Å²) in [5, 5.41) is 17.7. The number of furan rings is 1. The van der Waals surface area contributed by atoms with Crippen molar-refractivity contribution in [2.45, 2.75) is 0 Å². The lowest BCUT2D eigenvalue weighted by Gasteiger charge is -2.12. The molecule has 5 nitrogen and oxygen atoms in total. The first-order chi connectivity index (χ1) is 29.7. The third kappa shape index (κ3) is 4.27. The molecule has 0 saturated heterocycles. The summed E-state index contributed by atoms with van der Waals surface area (Å²) in [7, 11) is 0. The Balaban J connectivity index is 0.998. The van der Waals surface area contributed by atoms with Crippen LogP contribution in [0, 0.1) is 0 Å². The Morgan fingerprint density at radius 2 is 0.817 bits per heavy atom. The largest absolute Gasteiger partial charge is 0.456 e. The number of hydrogen-bond donors (Lipinski definition) is 0. The normalized spacial score (nSPS) is 12.3. The molecule has 0 aliphatic carbocycles. The summed E-state index contributed by atoms with van der Waals surface area (Å²) in [6, 6.07) is 64.9. The molecule has 0 atom stereocenters. The van der Waals surface area contributed by atoms with Crippen molar-refractivity contribution in [2.24, 2.45) is 0 Å². The fraction of sp³-hybridized carbons (Fsp3) is 0. The second-order valence-corrected chi connectivity index (χ2v) is 15.9. The van der Waals surface area contributed by atoms with E-state index in [2.05, 4.69) is 132 Å². The first-order valence-corrected chi connectivity index (χ1v) is 20.4. The van der Waals surface area contributed by atoms with Gasteiger partial charge in [0.2, 0.25) is 0 Å². The zero-order chi connectivity index (χ0) is 39.1. The van der Waals surface area contributed by atoms with E-state index in [0.29, 0.717) is 17.5 Å². The molecule has 0 fully saturated rings. The van der Waals surface area contributed by atoms with Crippen LogP contribution in [0.2, 0.25) is 0 Å². The fourth-order valence-corrected chi connectivity index (χ4v) is 10.1. The molecular weight excluding hydrogens is 733 g/mol. The summed E-state index contributed by atoms with van der Waals surface area (Å²) in [5.41, 5.74) is 7.83. The molecule has 11 aromatic carbocycles. The van der Waals surface area contributed by atoms with Gasteiger partial charge in [-0.3, -0.25) is 0 Å². The lowest BCUT2D eigenvalue weighted by molar-refractivity contribution is 0.669. The smallest absolute Gasteiger partial charge is 0.164 e. The number of fused-ring (bicyclic) bond motifs is 9. The highest BCUT2D eigenvalue weighted by Gasteiger charge is 2.24. The molecule has 60 heavy (non-hydrogen) atoms. The molecule has 0 radical (unpaired) electrons. The zero-order valence-electron chi connectivity index (χ0n) is 32.0. The molecular formula is C55H30N4O. The number of para-hydroxylation sites is 1. The van der Waals surface area contributed by atoms with E-state index in [9.17, 15) is 0 Å². The van der Waals surface area contributed by atoms with E-state index in [1.165, 1.54) is 75.7 Å². The van der Waals surface area contributed by atoms with Gasteiger partial charge in [0.05, 0.1) is 11.0 Å². The highest BCUT2D eigenvalue weighted by molar-refractivity contribution is 6.44. The monoisotopic (exact) mass is 762 g/mol. The van der Waals surface area contributed by atoms with Crippen molar-refractivity contribution in [2.75, 3.05) is 0 Å². The van der Waals surface area contributed by atoms with Crippen LogP contribution in [0.3, 0.4) is 0 Å². The van der Waals surface area contributed by atoms with E-state index < -0.39 is 0 Å². The molecule has 0 bridgehead atoms. The van der Waals surface area contributed by atoms with E-state index in [4.69, 9.17) is 19.4 Å². The maximum atomic E-state index is 6.27. The van der Waals surface area contributed by atoms with Crippen molar-refractivity contribution < 1.29 is 4.42 Å². The molecule has 0 amide bonds. The van der Waals surface area contributed by atoms with Crippen molar-refractivity contribution in [3.63, 3.8) is 0 Å². The average Bonchev–Trinajstić information content (AvgIpc) is 3.94. The van der Waals surface area contributed by atoms with Gasteiger partial charge in [0.1, 0.15) is 11.2 Å². The first kappa shape index (κ1) is 31.9. The maximum Gasteiger partial charge on any atom is 0.164 e. The van der Waals surface area contributed by atoms with Gasteiger partial charge in [-0.15, -0.1) is 0 Å². The van der Waals surface area contributed by atoms with Crippen LogP contribution in [0.1, 0.15) is 0 Å². The van der Waals surface area contributed by atoms with E-state index in [0.717, 1.165) is 44.3 Å². The van der Waals surface area contributed by atoms with Gasteiger partial charge in [0, 0.05) is 49.3 Å². The van der Waals surface area contributed by atoms with Gasteiger partial charge in [-0.25, -0.2) is 15.0 Å². The lowest BCUT2D eigenvalue weighted by atomic mass is 9.97. The topological polar surface area (TPSA) is 56.7 Å². The molecule has 0 N–H and O–H groups in total. The van der Waals surface area contributed by atoms with Gasteiger partial charge in [-0.2, -0.15) is 0 Å². The Hall–Kier alpha value is -8.15. The molecule has 0 saturated carbocycles. The molecule has 3 heterocycles. The predicted octanol–water partition coefficient (Wildman–Crippen LogP) is 14.5. The van der Waals surface area contributed by atoms with Crippen LogP contribution in [0.5, 0.6) is 0 Å². The second-order valence-electron chi connectivity index (χ2n) is 15.9. The summed E-state index contributed by atoms with van der Waals surface area (Å²) in [5.74, 6) is 1.82. The van der Waals surface area contributed by atoms with Crippen LogP contribution < -0.4 is 0 Å². The quantitative estimate of drug-likeness (QED) is 0.179. The van der Waals surface area contributed by atoms with Gasteiger partial charge in [0.15, 0.2) is 17.5 Å². The molecule has 276 valence electrons. The Morgan fingerprint density at radius 1 is 0.300 bits per heavy atom. The molecule has 14 aromatic rings. The molecule has 5 heteroatoms. The zero-order valence-corrected chi connectivity index (χ0v) is 32.0. The first-order valence-electron chi connectivity index (χ1n) is 20.4. The summed E-state index contributed by atoms with van der Waals surface area (Å²) in [4.78, 5) is 15.2. The van der Waals surface area contributed by atoms with Crippen LogP contribution in [0.4, 0.5) is 0 Å². The van der Waals surface area contributed by atoms with E-state index in [1.807, 2.05) is 54.6 Å². The molecule has 14 rings (SSSR count). The van der Waals surface area contributed by atoms with Gasteiger partial charge in [-0.1, -0.05) is 127 Å². The fourth-order valence-electron chi connectivity index (χ4n) is 10.1. The second kappa shape index (κ2) is 11.7. The molecule has 0 spiro atoms. The van der Waals surface area contributed by atoms with Crippen LogP contribution >= 0.6 is 0 Å². The van der Waals surface area contributed by atoms with Crippen molar-refractivity contribution in [1.29, 1.82) is 0 Å². The molecule has 3 aromatic heterocycles. The minimum absolute atomic E-state index is 0.593. The van der Waals surface area contributed by atoms with E-state index in [1.54, 1.807) is 0 Å². The predicted molar refractivity (Wildman–Crippen MR) is 248 cm³/mol. The molecule has 0 aliphatic rings. The van der Waals surface area contributed by atoms with E-state index in [-0.39, 0.29) is 0 Å². The van der Waals surface area contributed by atoms with Gasteiger partial charge < -0.3 is 8.98 Å². The number of hydrogen-bond acceptors (Lipinski definition) is 4. The third-order valence-corrected chi connectivity index (χ3v) is 12.7.